The van der Waals surface area contributed by atoms with Crippen molar-refractivity contribution in [2.45, 2.75) is 34.1 Å². The molecule has 0 aliphatic carbocycles. The fourth-order valence-electron chi connectivity index (χ4n) is 3.44. The lowest BCUT2D eigenvalue weighted by Crippen LogP contribution is -2.06. The van der Waals surface area contributed by atoms with E-state index >= 15 is 0 Å². The zero-order valence-corrected chi connectivity index (χ0v) is 18.5. The predicted octanol–water partition coefficient (Wildman–Crippen LogP) is 4.96. The first-order valence-corrected chi connectivity index (χ1v) is 10.1. The minimum atomic E-state index is -0.469. The van der Waals surface area contributed by atoms with Crippen molar-refractivity contribution in [3.8, 4) is 22.8 Å². The van der Waals surface area contributed by atoms with Crippen LogP contribution < -0.4 is 4.74 Å². The third-order valence-corrected chi connectivity index (χ3v) is 5.38. The lowest BCUT2D eigenvalue weighted by molar-refractivity contribution is -0.128. The summed E-state index contributed by atoms with van der Waals surface area (Å²) in [5.41, 5.74) is 6.43. The number of hydrogen-bond donors (Lipinski definition) is 1. The molecule has 0 aliphatic heterocycles. The summed E-state index contributed by atoms with van der Waals surface area (Å²) in [6, 6.07) is 10.9. The largest absolute Gasteiger partial charge is 0.506 e. The Morgan fingerprint density at radius 1 is 1.06 bits per heavy atom. The first-order valence-electron chi connectivity index (χ1n) is 10.1. The second-order valence-corrected chi connectivity index (χ2v) is 7.56. The number of nitrogens with zero attached hydrogens (tertiary/aromatic N) is 2. The Balaban J connectivity index is 1.88. The van der Waals surface area contributed by atoms with Crippen molar-refractivity contribution in [2.24, 2.45) is 5.16 Å². The average Bonchev–Trinajstić information content (AvgIpc) is 2.77. The molecule has 6 nitrogen and oxygen atoms in total. The Morgan fingerprint density at radius 3 is 2.56 bits per heavy atom. The van der Waals surface area contributed by atoms with Gasteiger partial charge in [0.25, 0.3) is 0 Å². The molecular formula is C25H25FN2O4. The van der Waals surface area contributed by atoms with E-state index in [1.165, 1.54) is 6.21 Å². The number of carbonyl (C=O) groups is 1. The molecule has 0 saturated heterocycles. The molecular weight excluding hydrogens is 411 g/mol. The maximum atomic E-state index is 14.9. The zero-order chi connectivity index (χ0) is 23.3. The van der Waals surface area contributed by atoms with E-state index in [0.29, 0.717) is 23.4 Å². The second-order valence-electron chi connectivity index (χ2n) is 7.56. The fourth-order valence-corrected chi connectivity index (χ4v) is 3.44. The Morgan fingerprint density at radius 2 is 1.84 bits per heavy atom. The predicted molar refractivity (Wildman–Crippen MR) is 121 cm³/mol. The smallest absolute Gasteiger partial charge is 0.323 e. The van der Waals surface area contributed by atoms with E-state index in [4.69, 9.17) is 4.74 Å². The quantitative estimate of drug-likeness (QED) is 0.234. The number of carbonyl (C=O) groups excluding carboxylic acids is 1. The third kappa shape index (κ3) is 5.11. The van der Waals surface area contributed by atoms with Crippen molar-refractivity contribution in [3.05, 3.63) is 75.7 Å². The van der Waals surface area contributed by atoms with Crippen LogP contribution in [0.3, 0.4) is 0 Å². The molecule has 3 rings (SSSR count). The summed E-state index contributed by atoms with van der Waals surface area (Å²) < 4.78 is 20.3. The molecule has 0 unspecified atom stereocenters. The summed E-state index contributed by atoms with van der Waals surface area (Å²) in [7, 11) is 0. The number of hydrogen-bond acceptors (Lipinski definition) is 6. The summed E-state index contributed by atoms with van der Waals surface area (Å²) in [6.07, 6.45) is 1.63. The van der Waals surface area contributed by atoms with Crippen molar-refractivity contribution in [1.29, 1.82) is 0 Å². The fraction of sp³-hybridized carbons (Fsp3) is 0.240. The van der Waals surface area contributed by atoms with Crippen LogP contribution >= 0.6 is 0 Å². The molecule has 1 N–H and O–H groups in total. The van der Waals surface area contributed by atoms with E-state index in [9.17, 15) is 14.3 Å². The number of benzene rings is 2. The van der Waals surface area contributed by atoms with Crippen molar-refractivity contribution in [1.82, 2.24) is 4.98 Å². The highest BCUT2D eigenvalue weighted by molar-refractivity contribution is 5.67. The van der Waals surface area contributed by atoms with E-state index in [1.807, 2.05) is 39.0 Å². The number of aromatic hydroxyl groups is 1. The van der Waals surface area contributed by atoms with Gasteiger partial charge in [-0.15, -0.1) is 0 Å². The van der Waals surface area contributed by atoms with Crippen LogP contribution in [0.1, 0.15) is 33.5 Å². The number of halogens is 1. The Hall–Kier alpha value is -3.74. The molecule has 0 amide bonds. The van der Waals surface area contributed by atoms with Gasteiger partial charge in [0.1, 0.15) is 18.1 Å². The lowest BCUT2D eigenvalue weighted by atomic mass is 9.96. The van der Waals surface area contributed by atoms with Crippen LogP contribution in [-0.2, 0) is 16.1 Å². The number of aryl methyl sites for hydroxylation is 3. The van der Waals surface area contributed by atoms with E-state index in [2.05, 4.69) is 15.0 Å². The summed E-state index contributed by atoms with van der Waals surface area (Å²) in [4.78, 5) is 18.9. The molecule has 0 bridgehead atoms. The van der Waals surface area contributed by atoms with Crippen LogP contribution in [0, 0.1) is 33.5 Å². The van der Waals surface area contributed by atoms with Gasteiger partial charge >= 0.3 is 6.47 Å². The van der Waals surface area contributed by atoms with Crippen LogP contribution in [0.4, 0.5) is 4.39 Å². The van der Waals surface area contributed by atoms with Gasteiger partial charge in [0, 0.05) is 17.7 Å². The summed E-state index contributed by atoms with van der Waals surface area (Å²) in [5, 5.41) is 13.7. The van der Waals surface area contributed by atoms with Crippen LogP contribution in [-0.4, -0.2) is 29.4 Å². The molecule has 0 saturated carbocycles. The monoisotopic (exact) mass is 436 g/mol. The second kappa shape index (κ2) is 10.0. The van der Waals surface area contributed by atoms with Gasteiger partial charge < -0.3 is 14.7 Å². The van der Waals surface area contributed by atoms with Crippen molar-refractivity contribution >= 4 is 12.7 Å². The molecule has 7 heteroatoms. The maximum absolute atomic E-state index is 14.9. The minimum Gasteiger partial charge on any atom is -0.506 e. The van der Waals surface area contributed by atoms with Crippen molar-refractivity contribution in [2.75, 3.05) is 6.61 Å². The van der Waals surface area contributed by atoms with E-state index in [1.54, 1.807) is 25.1 Å². The number of rotatable bonds is 8. The molecule has 0 spiro atoms. The summed E-state index contributed by atoms with van der Waals surface area (Å²) in [6.45, 7) is 7.76. The van der Waals surface area contributed by atoms with Gasteiger partial charge in [-0.1, -0.05) is 17.3 Å². The molecule has 3 aromatic rings. The highest BCUT2D eigenvalue weighted by atomic mass is 19.1. The standard InChI is InChI=1S/C25H25FN2O4/c1-15-5-6-19(11-16(15)2)25-22(30)8-7-20(28-25)13-21-17(3)12-23(24(26)18(21)4)31-10-9-27-32-14-29/h5-9,11-12,14,30H,10,13H2,1-4H3. The number of ether oxygens (including phenoxy) is 1. The van der Waals surface area contributed by atoms with Crippen LogP contribution in [0.2, 0.25) is 0 Å². The molecule has 166 valence electrons. The SMILES string of the molecule is Cc1ccc(-c2nc(Cc3c(C)cc(OCC=NOC=O)c(F)c3C)ccc2O)cc1C. The van der Waals surface area contributed by atoms with E-state index in [0.717, 1.165) is 27.8 Å². The molecule has 0 radical (unpaired) electrons. The Bertz CT molecular complexity index is 1180. The molecule has 0 fully saturated rings. The number of pyridine rings is 1. The molecule has 2 aromatic carbocycles. The molecule has 0 atom stereocenters. The van der Waals surface area contributed by atoms with Crippen molar-refractivity contribution in [3.63, 3.8) is 0 Å². The summed E-state index contributed by atoms with van der Waals surface area (Å²) in [5.74, 6) is -0.278. The average molecular weight is 436 g/mol. The normalized spacial score (nSPS) is 11.0. The summed E-state index contributed by atoms with van der Waals surface area (Å²) >= 11 is 0. The molecule has 0 aliphatic rings. The highest BCUT2D eigenvalue weighted by Gasteiger charge is 2.16. The van der Waals surface area contributed by atoms with E-state index < -0.39 is 5.82 Å². The highest BCUT2D eigenvalue weighted by Crippen LogP contribution is 2.31. The molecule has 1 aromatic heterocycles. The Labute approximate surface area is 186 Å². The van der Waals surface area contributed by atoms with Gasteiger partial charge in [-0.05, 0) is 79.8 Å². The maximum Gasteiger partial charge on any atom is 0.323 e. The topological polar surface area (TPSA) is 81.0 Å². The number of aromatic nitrogens is 1. The van der Waals surface area contributed by atoms with Gasteiger partial charge in [0.05, 0.1) is 6.21 Å². The van der Waals surface area contributed by atoms with Crippen molar-refractivity contribution < 1.29 is 23.9 Å². The van der Waals surface area contributed by atoms with Gasteiger partial charge in [0.2, 0.25) is 0 Å². The molecule has 32 heavy (non-hydrogen) atoms. The van der Waals surface area contributed by atoms with Crippen LogP contribution in [0.15, 0.2) is 41.6 Å². The van der Waals surface area contributed by atoms with Gasteiger partial charge in [0.15, 0.2) is 11.6 Å². The number of oxime groups is 1. The first kappa shape index (κ1) is 22.9. The van der Waals surface area contributed by atoms with Crippen LogP contribution in [0.5, 0.6) is 11.5 Å². The zero-order valence-electron chi connectivity index (χ0n) is 18.5. The molecule has 1 heterocycles. The van der Waals surface area contributed by atoms with Crippen LogP contribution in [0.25, 0.3) is 11.3 Å². The van der Waals surface area contributed by atoms with E-state index in [-0.39, 0.29) is 24.6 Å². The van der Waals surface area contributed by atoms with Gasteiger partial charge in [-0.2, -0.15) is 0 Å². The van der Waals surface area contributed by atoms with Gasteiger partial charge in [-0.25, -0.2) is 9.37 Å². The minimum absolute atomic E-state index is 0.0399. The third-order valence-electron chi connectivity index (χ3n) is 5.38. The van der Waals surface area contributed by atoms with Gasteiger partial charge in [-0.3, -0.25) is 4.79 Å². The first-order chi connectivity index (χ1) is 15.3. The Kier molecular flexibility index (Phi) is 7.20. The lowest BCUT2D eigenvalue weighted by Gasteiger charge is -2.15.